The van der Waals surface area contributed by atoms with E-state index in [1.165, 1.54) is 18.2 Å². The average Bonchev–Trinajstić information content (AvgIpc) is 2.94. The molecule has 1 fully saturated rings. The molecule has 1 aromatic carbocycles. The second-order valence-corrected chi connectivity index (χ2v) is 6.86. The minimum atomic E-state index is -1.36. The molecule has 21 heavy (non-hydrogen) atoms. The molecule has 5 nitrogen and oxygen atoms in total. The lowest BCUT2D eigenvalue weighted by Gasteiger charge is -2.15. The SMILES string of the molecule is CC(C(=O)Nc1cc(N)ccc1F)S(=O)CC1CCCO1. The molecule has 1 aliphatic rings. The van der Waals surface area contributed by atoms with Gasteiger partial charge in [-0.25, -0.2) is 4.39 Å². The first-order chi connectivity index (χ1) is 9.97. The molecule has 3 atom stereocenters. The van der Waals surface area contributed by atoms with E-state index in [9.17, 15) is 13.4 Å². The first-order valence-electron chi connectivity index (χ1n) is 6.82. The Labute approximate surface area is 125 Å². The lowest BCUT2D eigenvalue weighted by Crippen LogP contribution is -2.33. The molecule has 7 heteroatoms. The zero-order valence-electron chi connectivity index (χ0n) is 11.8. The number of benzene rings is 1. The minimum absolute atomic E-state index is 0.000895. The van der Waals surface area contributed by atoms with Crippen molar-refractivity contribution in [3.63, 3.8) is 0 Å². The summed E-state index contributed by atoms with van der Waals surface area (Å²) in [7, 11) is -1.36. The van der Waals surface area contributed by atoms with Crippen molar-refractivity contribution in [2.45, 2.75) is 31.1 Å². The van der Waals surface area contributed by atoms with Crippen LogP contribution in [-0.2, 0) is 20.3 Å². The second-order valence-electron chi connectivity index (χ2n) is 5.05. The molecule has 1 aromatic rings. The van der Waals surface area contributed by atoms with Crippen LogP contribution in [-0.4, -0.2) is 33.8 Å². The topological polar surface area (TPSA) is 81.4 Å². The van der Waals surface area contributed by atoms with Crippen LogP contribution >= 0.6 is 0 Å². The van der Waals surface area contributed by atoms with Gasteiger partial charge in [-0.2, -0.15) is 0 Å². The summed E-state index contributed by atoms with van der Waals surface area (Å²) in [5, 5.41) is 1.69. The number of amides is 1. The van der Waals surface area contributed by atoms with Crippen LogP contribution in [0.15, 0.2) is 18.2 Å². The molecule has 2 rings (SSSR count). The predicted octanol–water partition coefficient (Wildman–Crippen LogP) is 1.66. The van der Waals surface area contributed by atoms with Crippen molar-refractivity contribution in [2.24, 2.45) is 0 Å². The van der Waals surface area contributed by atoms with Gasteiger partial charge in [0.15, 0.2) is 0 Å². The average molecular weight is 314 g/mol. The smallest absolute Gasteiger partial charge is 0.239 e. The number of carbonyl (C=O) groups is 1. The van der Waals surface area contributed by atoms with Gasteiger partial charge in [0.05, 0.1) is 17.5 Å². The Morgan fingerprint density at radius 3 is 3.05 bits per heavy atom. The van der Waals surface area contributed by atoms with Gasteiger partial charge in [-0.05, 0) is 38.0 Å². The van der Waals surface area contributed by atoms with Gasteiger partial charge in [0.25, 0.3) is 0 Å². The first kappa shape index (κ1) is 15.9. The Bertz CT molecular complexity index is 547. The van der Waals surface area contributed by atoms with Crippen LogP contribution in [0.3, 0.4) is 0 Å². The van der Waals surface area contributed by atoms with E-state index in [0.29, 0.717) is 18.0 Å². The lowest BCUT2D eigenvalue weighted by molar-refractivity contribution is -0.115. The van der Waals surface area contributed by atoms with Gasteiger partial charge in [0.1, 0.15) is 11.1 Å². The van der Waals surface area contributed by atoms with E-state index in [1.54, 1.807) is 6.92 Å². The molecule has 1 heterocycles. The van der Waals surface area contributed by atoms with E-state index in [0.717, 1.165) is 12.8 Å². The summed E-state index contributed by atoms with van der Waals surface area (Å²) >= 11 is 0. The van der Waals surface area contributed by atoms with E-state index in [2.05, 4.69) is 5.32 Å². The van der Waals surface area contributed by atoms with Crippen LogP contribution < -0.4 is 11.1 Å². The maximum Gasteiger partial charge on any atom is 0.239 e. The van der Waals surface area contributed by atoms with E-state index >= 15 is 0 Å². The molecule has 3 unspecified atom stereocenters. The number of halogens is 1. The summed E-state index contributed by atoms with van der Waals surface area (Å²) in [4.78, 5) is 12.0. The van der Waals surface area contributed by atoms with Crippen molar-refractivity contribution < 1.29 is 18.1 Å². The fourth-order valence-electron chi connectivity index (χ4n) is 2.10. The van der Waals surface area contributed by atoms with Crippen LogP contribution in [0.25, 0.3) is 0 Å². The van der Waals surface area contributed by atoms with Crippen LogP contribution in [0.5, 0.6) is 0 Å². The first-order valence-corrected chi connectivity index (χ1v) is 8.20. The molecule has 0 spiro atoms. The number of hydrogen-bond donors (Lipinski definition) is 2. The third kappa shape index (κ3) is 4.25. The summed E-state index contributed by atoms with van der Waals surface area (Å²) < 4.78 is 31.1. The number of nitrogens with one attached hydrogen (secondary N) is 1. The van der Waals surface area contributed by atoms with Gasteiger partial charge in [0, 0.05) is 23.1 Å². The molecule has 1 saturated heterocycles. The van der Waals surface area contributed by atoms with Crippen LogP contribution in [0.4, 0.5) is 15.8 Å². The quantitative estimate of drug-likeness (QED) is 0.810. The van der Waals surface area contributed by atoms with E-state index in [-0.39, 0.29) is 11.8 Å². The molecule has 116 valence electrons. The second kappa shape index (κ2) is 7.00. The zero-order valence-corrected chi connectivity index (χ0v) is 12.6. The van der Waals surface area contributed by atoms with Crippen molar-refractivity contribution in [3.05, 3.63) is 24.0 Å². The number of nitrogen functional groups attached to an aromatic ring is 1. The molecule has 3 N–H and O–H groups in total. The highest BCUT2D eigenvalue weighted by Gasteiger charge is 2.25. The van der Waals surface area contributed by atoms with Gasteiger partial charge < -0.3 is 15.8 Å². The van der Waals surface area contributed by atoms with E-state index in [4.69, 9.17) is 10.5 Å². The minimum Gasteiger partial charge on any atom is -0.399 e. The highest BCUT2D eigenvalue weighted by Crippen LogP contribution is 2.19. The summed E-state index contributed by atoms with van der Waals surface area (Å²) in [6.45, 7) is 2.24. The standard InChI is InChI=1S/C14H19FN2O3S/c1-9(21(19)8-11-3-2-6-20-11)14(18)17-13-7-10(16)4-5-12(13)15/h4-5,7,9,11H,2-3,6,8,16H2,1H3,(H,17,18). The fraction of sp³-hybridized carbons (Fsp3) is 0.500. The lowest BCUT2D eigenvalue weighted by atomic mass is 10.2. The number of ether oxygens (including phenoxy) is 1. The van der Waals surface area contributed by atoms with Crippen LogP contribution in [0.1, 0.15) is 19.8 Å². The molecule has 0 bridgehead atoms. The molecule has 0 aromatic heterocycles. The molecule has 1 amide bonds. The van der Waals surface area contributed by atoms with E-state index < -0.39 is 27.8 Å². The van der Waals surface area contributed by atoms with Gasteiger partial charge in [-0.15, -0.1) is 0 Å². The van der Waals surface area contributed by atoms with Crippen LogP contribution in [0, 0.1) is 5.82 Å². The zero-order chi connectivity index (χ0) is 15.4. The highest BCUT2D eigenvalue weighted by atomic mass is 32.2. The Kier molecular flexibility index (Phi) is 5.30. The van der Waals surface area contributed by atoms with Crippen molar-refractivity contribution in [3.8, 4) is 0 Å². The number of carbonyl (C=O) groups excluding carboxylic acids is 1. The third-order valence-corrected chi connectivity index (χ3v) is 5.09. The summed E-state index contributed by atoms with van der Waals surface area (Å²) in [6, 6.07) is 3.92. The Hall–Kier alpha value is -1.47. The Balaban J connectivity index is 1.95. The molecular weight excluding hydrogens is 295 g/mol. The van der Waals surface area contributed by atoms with Crippen molar-refractivity contribution in [2.75, 3.05) is 23.4 Å². The number of nitrogens with two attached hydrogens (primary N) is 1. The monoisotopic (exact) mass is 314 g/mol. The Morgan fingerprint density at radius 2 is 2.38 bits per heavy atom. The highest BCUT2D eigenvalue weighted by molar-refractivity contribution is 7.86. The summed E-state index contributed by atoms with van der Waals surface area (Å²) in [5.41, 5.74) is 5.90. The van der Waals surface area contributed by atoms with Crippen molar-refractivity contribution >= 4 is 28.1 Å². The summed E-state index contributed by atoms with van der Waals surface area (Å²) in [5.74, 6) is -0.737. The van der Waals surface area contributed by atoms with Gasteiger partial charge in [-0.3, -0.25) is 9.00 Å². The van der Waals surface area contributed by atoms with Crippen molar-refractivity contribution in [1.29, 1.82) is 0 Å². The number of hydrogen-bond acceptors (Lipinski definition) is 4. The molecule has 1 aliphatic heterocycles. The maximum atomic E-state index is 13.6. The van der Waals surface area contributed by atoms with Gasteiger partial charge in [-0.1, -0.05) is 0 Å². The van der Waals surface area contributed by atoms with Crippen molar-refractivity contribution in [1.82, 2.24) is 0 Å². The van der Waals surface area contributed by atoms with E-state index in [1.807, 2.05) is 0 Å². The number of rotatable bonds is 5. The van der Waals surface area contributed by atoms with Gasteiger partial charge >= 0.3 is 0 Å². The fourth-order valence-corrected chi connectivity index (χ4v) is 3.31. The molecule has 0 saturated carbocycles. The molecule has 0 aliphatic carbocycles. The molecular formula is C14H19FN2O3S. The Morgan fingerprint density at radius 1 is 1.62 bits per heavy atom. The predicted molar refractivity (Wildman–Crippen MR) is 80.9 cm³/mol. The normalized spacial score (nSPS) is 21.0. The largest absolute Gasteiger partial charge is 0.399 e. The third-order valence-electron chi connectivity index (χ3n) is 3.39. The maximum absolute atomic E-state index is 13.6. The summed E-state index contributed by atoms with van der Waals surface area (Å²) in [6.07, 6.45) is 1.77. The van der Waals surface area contributed by atoms with Gasteiger partial charge in [0.2, 0.25) is 5.91 Å². The number of anilines is 2. The molecule has 0 radical (unpaired) electrons. The van der Waals surface area contributed by atoms with Crippen LogP contribution in [0.2, 0.25) is 0 Å².